The van der Waals surface area contributed by atoms with E-state index in [2.05, 4.69) is 34.7 Å². The Labute approximate surface area is 181 Å². The van der Waals surface area contributed by atoms with Crippen molar-refractivity contribution in [3.8, 4) is 11.5 Å². The van der Waals surface area contributed by atoms with E-state index in [0.29, 0.717) is 13.2 Å². The standard InChI is InChI=1S/C20H35N3O3.HI/c1-5-7-14-25-15-13-23-20(21-3)22-12-8-9-17-10-11-18(24-4)19(16-17)26-6-2;/h10-11,16H,5-9,12-15H2,1-4H3,(H2,21,22,23);1H. The van der Waals surface area contributed by atoms with E-state index < -0.39 is 0 Å². The largest absolute Gasteiger partial charge is 0.493 e. The Morgan fingerprint density at radius 1 is 1.04 bits per heavy atom. The van der Waals surface area contributed by atoms with E-state index in [-0.39, 0.29) is 24.0 Å². The number of hydrogen-bond donors (Lipinski definition) is 2. The molecule has 0 radical (unpaired) electrons. The van der Waals surface area contributed by atoms with Crippen LogP contribution in [0.25, 0.3) is 0 Å². The van der Waals surface area contributed by atoms with Crippen LogP contribution < -0.4 is 20.1 Å². The predicted molar refractivity (Wildman–Crippen MR) is 123 cm³/mol. The number of nitrogens with zero attached hydrogens (tertiary/aromatic N) is 1. The van der Waals surface area contributed by atoms with Crippen LogP contribution in [0.2, 0.25) is 0 Å². The third kappa shape index (κ3) is 11.3. The van der Waals surface area contributed by atoms with E-state index in [1.54, 1.807) is 14.2 Å². The lowest BCUT2D eigenvalue weighted by Crippen LogP contribution is -2.39. The number of nitrogens with one attached hydrogen (secondary N) is 2. The molecule has 0 saturated heterocycles. The fourth-order valence-electron chi connectivity index (χ4n) is 2.45. The third-order valence-electron chi connectivity index (χ3n) is 3.87. The van der Waals surface area contributed by atoms with Gasteiger partial charge in [0.15, 0.2) is 17.5 Å². The van der Waals surface area contributed by atoms with Gasteiger partial charge in [0.25, 0.3) is 0 Å². The molecule has 7 heteroatoms. The maximum Gasteiger partial charge on any atom is 0.191 e. The monoisotopic (exact) mass is 493 g/mol. The zero-order valence-corrected chi connectivity index (χ0v) is 19.5. The highest BCUT2D eigenvalue weighted by Crippen LogP contribution is 2.28. The number of unbranched alkanes of at least 4 members (excludes halogenated alkanes) is 1. The van der Waals surface area contributed by atoms with Crippen molar-refractivity contribution in [3.63, 3.8) is 0 Å². The average Bonchev–Trinajstić information content (AvgIpc) is 2.66. The first-order valence-corrected chi connectivity index (χ1v) is 9.57. The number of ether oxygens (including phenoxy) is 3. The molecule has 27 heavy (non-hydrogen) atoms. The summed E-state index contributed by atoms with van der Waals surface area (Å²) < 4.78 is 16.5. The number of halogens is 1. The molecule has 0 atom stereocenters. The van der Waals surface area contributed by atoms with Crippen molar-refractivity contribution in [2.24, 2.45) is 4.99 Å². The fraction of sp³-hybridized carbons (Fsp3) is 0.650. The molecule has 0 heterocycles. The van der Waals surface area contributed by atoms with Crippen molar-refractivity contribution in [3.05, 3.63) is 23.8 Å². The molecule has 1 aromatic carbocycles. The smallest absolute Gasteiger partial charge is 0.191 e. The Kier molecular flexibility index (Phi) is 16.2. The molecular formula is C20H36IN3O3. The summed E-state index contributed by atoms with van der Waals surface area (Å²) in [6.07, 6.45) is 4.25. The summed E-state index contributed by atoms with van der Waals surface area (Å²) in [5.41, 5.74) is 1.24. The first kappa shape index (κ1) is 25.8. The van der Waals surface area contributed by atoms with E-state index >= 15 is 0 Å². The molecule has 0 aliphatic rings. The molecule has 0 spiro atoms. The number of hydrogen-bond acceptors (Lipinski definition) is 4. The number of guanidine groups is 1. The lowest BCUT2D eigenvalue weighted by atomic mass is 10.1. The Morgan fingerprint density at radius 2 is 1.81 bits per heavy atom. The van der Waals surface area contributed by atoms with Crippen molar-refractivity contribution in [1.29, 1.82) is 0 Å². The zero-order valence-electron chi connectivity index (χ0n) is 17.2. The summed E-state index contributed by atoms with van der Waals surface area (Å²) >= 11 is 0. The summed E-state index contributed by atoms with van der Waals surface area (Å²) in [6, 6.07) is 6.11. The molecular weight excluding hydrogens is 457 g/mol. The highest BCUT2D eigenvalue weighted by molar-refractivity contribution is 14.0. The Balaban J connectivity index is 0.00000676. The molecule has 0 amide bonds. The van der Waals surface area contributed by atoms with Crippen molar-refractivity contribution in [2.45, 2.75) is 39.5 Å². The molecule has 0 fully saturated rings. The molecule has 0 aromatic heterocycles. The van der Waals surface area contributed by atoms with Crippen LogP contribution in [0.3, 0.4) is 0 Å². The van der Waals surface area contributed by atoms with Gasteiger partial charge in [-0.05, 0) is 43.9 Å². The molecule has 0 bridgehead atoms. The van der Waals surface area contributed by atoms with Gasteiger partial charge in [0.2, 0.25) is 0 Å². The van der Waals surface area contributed by atoms with E-state index in [1.807, 2.05) is 13.0 Å². The van der Waals surface area contributed by atoms with Crippen molar-refractivity contribution in [2.75, 3.05) is 47.1 Å². The summed E-state index contributed by atoms with van der Waals surface area (Å²) in [5.74, 6) is 2.40. The topological polar surface area (TPSA) is 64.1 Å². The molecule has 156 valence electrons. The van der Waals surface area contributed by atoms with Crippen LogP contribution in [-0.2, 0) is 11.2 Å². The second kappa shape index (κ2) is 16.9. The van der Waals surface area contributed by atoms with Gasteiger partial charge in [-0.2, -0.15) is 0 Å². The second-order valence-corrected chi connectivity index (χ2v) is 5.91. The molecule has 0 aliphatic heterocycles. The van der Waals surface area contributed by atoms with Crippen LogP contribution >= 0.6 is 24.0 Å². The van der Waals surface area contributed by atoms with Gasteiger partial charge < -0.3 is 24.8 Å². The minimum absolute atomic E-state index is 0. The summed E-state index contributed by atoms with van der Waals surface area (Å²) in [6.45, 7) is 7.92. The quantitative estimate of drug-likeness (QED) is 0.190. The van der Waals surface area contributed by atoms with Crippen molar-refractivity contribution >= 4 is 29.9 Å². The predicted octanol–water partition coefficient (Wildman–Crippen LogP) is 3.63. The summed E-state index contributed by atoms with van der Waals surface area (Å²) in [7, 11) is 3.44. The minimum Gasteiger partial charge on any atom is -0.493 e. The minimum atomic E-state index is 0. The number of methoxy groups -OCH3 is 1. The van der Waals surface area contributed by atoms with Gasteiger partial charge in [-0.25, -0.2) is 0 Å². The Morgan fingerprint density at radius 3 is 2.48 bits per heavy atom. The molecule has 2 N–H and O–H groups in total. The molecule has 1 rings (SSSR count). The molecule has 1 aromatic rings. The maximum atomic E-state index is 5.63. The van der Waals surface area contributed by atoms with Gasteiger partial charge in [0.05, 0.1) is 20.3 Å². The van der Waals surface area contributed by atoms with Crippen LogP contribution in [0.15, 0.2) is 23.2 Å². The van der Waals surface area contributed by atoms with E-state index in [1.165, 1.54) is 5.56 Å². The Bertz CT molecular complexity index is 527. The average molecular weight is 493 g/mol. The van der Waals surface area contributed by atoms with Crippen LogP contribution in [0.4, 0.5) is 0 Å². The number of rotatable bonds is 13. The molecule has 0 saturated carbocycles. The zero-order chi connectivity index (χ0) is 19.0. The normalized spacial score (nSPS) is 10.9. The number of aliphatic imine (C=N–C) groups is 1. The van der Waals surface area contributed by atoms with Crippen LogP contribution in [0.1, 0.15) is 38.7 Å². The second-order valence-electron chi connectivity index (χ2n) is 5.91. The van der Waals surface area contributed by atoms with Crippen molar-refractivity contribution in [1.82, 2.24) is 10.6 Å². The summed E-state index contributed by atoms with van der Waals surface area (Å²) in [4.78, 5) is 4.23. The first-order valence-electron chi connectivity index (χ1n) is 9.57. The highest BCUT2D eigenvalue weighted by atomic mass is 127. The molecule has 0 aliphatic carbocycles. The van der Waals surface area contributed by atoms with E-state index in [0.717, 1.165) is 62.8 Å². The van der Waals surface area contributed by atoms with E-state index in [4.69, 9.17) is 14.2 Å². The number of benzene rings is 1. The van der Waals surface area contributed by atoms with Gasteiger partial charge in [-0.3, -0.25) is 4.99 Å². The highest BCUT2D eigenvalue weighted by Gasteiger charge is 2.05. The van der Waals surface area contributed by atoms with Gasteiger partial charge in [-0.1, -0.05) is 19.4 Å². The van der Waals surface area contributed by atoms with Gasteiger partial charge >= 0.3 is 0 Å². The maximum absolute atomic E-state index is 5.63. The van der Waals surface area contributed by atoms with E-state index in [9.17, 15) is 0 Å². The fourth-order valence-corrected chi connectivity index (χ4v) is 2.45. The lowest BCUT2D eigenvalue weighted by Gasteiger charge is -2.13. The van der Waals surface area contributed by atoms with Crippen LogP contribution in [0, 0.1) is 0 Å². The van der Waals surface area contributed by atoms with Gasteiger partial charge in [-0.15, -0.1) is 24.0 Å². The van der Waals surface area contributed by atoms with Gasteiger partial charge in [0.1, 0.15) is 0 Å². The third-order valence-corrected chi connectivity index (χ3v) is 3.87. The summed E-state index contributed by atoms with van der Waals surface area (Å²) in [5, 5.41) is 6.59. The van der Waals surface area contributed by atoms with Crippen LogP contribution in [-0.4, -0.2) is 53.0 Å². The SMILES string of the molecule is CCCCOCCNC(=NC)NCCCc1ccc(OC)c(OCC)c1.I. The van der Waals surface area contributed by atoms with Gasteiger partial charge in [0, 0.05) is 26.7 Å². The number of aryl methyl sites for hydroxylation is 1. The molecule has 6 nitrogen and oxygen atoms in total. The molecule has 0 unspecified atom stereocenters. The lowest BCUT2D eigenvalue weighted by molar-refractivity contribution is 0.136. The van der Waals surface area contributed by atoms with Crippen molar-refractivity contribution < 1.29 is 14.2 Å². The van der Waals surface area contributed by atoms with Crippen LogP contribution in [0.5, 0.6) is 11.5 Å². The Hall–Kier alpha value is -1.22. The first-order chi connectivity index (χ1) is 12.7.